The minimum atomic E-state index is -0.379. The van der Waals surface area contributed by atoms with Gasteiger partial charge < -0.3 is 9.47 Å². The summed E-state index contributed by atoms with van der Waals surface area (Å²) in [5.74, 6) is 2.39. The van der Waals surface area contributed by atoms with E-state index in [1.54, 1.807) is 11.7 Å². The number of para-hydroxylation sites is 1. The van der Waals surface area contributed by atoms with E-state index in [2.05, 4.69) is 34.3 Å². The standard InChI is InChI=1S/C23H29N9O2S/c1-15-12-16(2)14-30(13-15)21-24-19-18(20(33)29(4)23(34)28(19)3)31(21)10-11-35-22-25-26-27-32(22)17-8-6-5-7-9-17/h5-9,15-16H,10-14H2,1-4H3/t15-,16-/m0/s1. The molecule has 184 valence electrons. The summed E-state index contributed by atoms with van der Waals surface area (Å²) in [5.41, 5.74) is 1.03. The maximum atomic E-state index is 13.2. The number of fused-ring (bicyclic) bond motifs is 1. The maximum Gasteiger partial charge on any atom is 0.332 e. The molecule has 0 saturated carbocycles. The molecule has 0 unspecified atom stereocenters. The van der Waals surface area contributed by atoms with Gasteiger partial charge in [-0.05, 0) is 40.8 Å². The van der Waals surface area contributed by atoms with E-state index in [1.165, 1.54) is 23.4 Å². The Kier molecular flexibility index (Phi) is 6.22. The van der Waals surface area contributed by atoms with Crippen LogP contribution in [0.5, 0.6) is 0 Å². The molecule has 0 bridgehead atoms. The summed E-state index contributed by atoms with van der Waals surface area (Å²) in [4.78, 5) is 32.9. The first kappa shape index (κ1) is 23.3. The first-order valence-electron chi connectivity index (χ1n) is 11.7. The van der Waals surface area contributed by atoms with Gasteiger partial charge in [-0.25, -0.2) is 4.79 Å². The predicted molar refractivity (Wildman–Crippen MR) is 135 cm³/mol. The van der Waals surface area contributed by atoms with E-state index in [0.29, 0.717) is 40.5 Å². The molecule has 4 heterocycles. The largest absolute Gasteiger partial charge is 0.342 e. The summed E-state index contributed by atoms with van der Waals surface area (Å²) < 4.78 is 6.27. The van der Waals surface area contributed by atoms with Crippen molar-refractivity contribution in [2.45, 2.75) is 32.0 Å². The Hall–Kier alpha value is -3.41. The minimum Gasteiger partial charge on any atom is -0.342 e. The molecule has 11 nitrogen and oxygen atoms in total. The third kappa shape index (κ3) is 4.26. The zero-order valence-electron chi connectivity index (χ0n) is 20.3. The average Bonchev–Trinajstić information content (AvgIpc) is 3.47. The second-order valence-electron chi connectivity index (χ2n) is 9.35. The molecule has 0 aliphatic carbocycles. The van der Waals surface area contributed by atoms with E-state index in [1.807, 2.05) is 34.9 Å². The lowest BCUT2D eigenvalue weighted by Crippen LogP contribution is -2.40. The summed E-state index contributed by atoms with van der Waals surface area (Å²) in [5, 5.41) is 12.8. The number of anilines is 1. The van der Waals surface area contributed by atoms with Crippen LogP contribution in [0.2, 0.25) is 0 Å². The van der Waals surface area contributed by atoms with Crippen LogP contribution in [0.1, 0.15) is 20.3 Å². The van der Waals surface area contributed by atoms with Crippen molar-refractivity contribution in [3.05, 3.63) is 51.2 Å². The van der Waals surface area contributed by atoms with Gasteiger partial charge in [0.15, 0.2) is 11.2 Å². The molecule has 1 fully saturated rings. The number of nitrogens with zero attached hydrogens (tertiary/aromatic N) is 9. The Labute approximate surface area is 206 Å². The first-order chi connectivity index (χ1) is 16.8. The molecule has 12 heteroatoms. The van der Waals surface area contributed by atoms with Crippen LogP contribution >= 0.6 is 11.8 Å². The number of aromatic nitrogens is 8. The number of hydrogen-bond donors (Lipinski definition) is 0. The van der Waals surface area contributed by atoms with Crippen LogP contribution in [-0.2, 0) is 20.6 Å². The smallest absolute Gasteiger partial charge is 0.332 e. The normalized spacial score (nSPS) is 18.5. The second kappa shape index (κ2) is 9.33. The highest BCUT2D eigenvalue weighted by molar-refractivity contribution is 7.99. The van der Waals surface area contributed by atoms with Crippen molar-refractivity contribution in [1.82, 2.24) is 38.9 Å². The van der Waals surface area contributed by atoms with E-state index in [-0.39, 0.29) is 11.2 Å². The summed E-state index contributed by atoms with van der Waals surface area (Å²) in [6.45, 7) is 6.72. The molecule has 1 aliphatic rings. The van der Waals surface area contributed by atoms with Gasteiger partial charge in [0, 0.05) is 39.5 Å². The van der Waals surface area contributed by atoms with Gasteiger partial charge in [-0.15, -0.1) is 5.10 Å². The Bertz CT molecular complexity index is 1460. The molecular formula is C23H29N9O2S. The van der Waals surface area contributed by atoms with Gasteiger partial charge in [0.25, 0.3) is 5.56 Å². The van der Waals surface area contributed by atoms with Crippen LogP contribution in [0, 0.1) is 11.8 Å². The molecule has 1 aromatic carbocycles. The van der Waals surface area contributed by atoms with Crippen LogP contribution in [-0.4, -0.2) is 57.7 Å². The molecule has 0 spiro atoms. The Balaban J connectivity index is 1.51. The summed E-state index contributed by atoms with van der Waals surface area (Å²) >= 11 is 1.51. The molecule has 35 heavy (non-hydrogen) atoms. The highest BCUT2D eigenvalue weighted by Crippen LogP contribution is 2.28. The van der Waals surface area contributed by atoms with Gasteiger partial charge in [-0.3, -0.25) is 13.9 Å². The van der Waals surface area contributed by atoms with Crippen LogP contribution in [0.3, 0.4) is 0 Å². The SMILES string of the molecule is C[C@H]1C[C@H](C)CN(c2nc3c(c(=O)n(C)c(=O)n3C)n2CCSc2nnnn2-c2ccccc2)C1. The van der Waals surface area contributed by atoms with Crippen LogP contribution in [0.4, 0.5) is 5.95 Å². The van der Waals surface area contributed by atoms with Gasteiger partial charge in [0.1, 0.15) is 0 Å². The molecule has 3 aromatic heterocycles. The molecule has 0 amide bonds. The lowest BCUT2D eigenvalue weighted by Gasteiger charge is -2.35. The average molecular weight is 496 g/mol. The number of aryl methyl sites for hydroxylation is 2. The van der Waals surface area contributed by atoms with Crippen molar-refractivity contribution in [1.29, 1.82) is 0 Å². The van der Waals surface area contributed by atoms with Crippen LogP contribution < -0.4 is 16.1 Å². The fourth-order valence-corrected chi connectivity index (χ4v) is 5.76. The third-order valence-corrected chi connectivity index (χ3v) is 7.37. The van der Waals surface area contributed by atoms with Crippen LogP contribution in [0.15, 0.2) is 45.1 Å². The summed E-state index contributed by atoms with van der Waals surface area (Å²) in [7, 11) is 3.17. The molecule has 4 aromatic rings. The molecule has 1 saturated heterocycles. The quantitative estimate of drug-likeness (QED) is 0.372. The van der Waals surface area contributed by atoms with Gasteiger partial charge in [-0.2, -0.15) is 9.67 Å². The van der Waals surface area contributed by atoms with Crippen molar-refractivity contribution in [2.24, 2.45) is 25.9 Å². The lowest BCUT2D eigenvalue weighted by molar-refractivity contribution is 0.352. The molecule has 2 atom stereocenters. The molecular weight excluding hydrogens is 466 g/mol. The van der Waals surface area contributed by atoms with Gasteiger partial charge in [0.05, 0.1) is 5.69 Å². The summed E-state index contributed by atoms with van der Waals surface area (Å²) in [6, 6.07) is 9.73. The Morgan fingerprint density at radius 3 is 2.46 bits per heavy atom. The van der Waals surface area contributed by atoms with Gasteiger partial charge in [-0.1, -0.05) is 43.8 Å². The number of thioether (sulfide) groups is 1. The third-order valence-electron chi connectivity index (χ3n) is 6.47. The maximum absolute atomic E-state index is 13.2. The van der Waals surface area contributed by atoms with Crippen molar-refractivity contribution >= 4 is 28.9 Å². The molecule has 1 aliphatic heterocycles. The zero-order chi connectivity index (χ0) is 24.7. The number of benzene rings is 1. The van der Waals surface area contributed by atoms with E-state index in [4.69, 9.17) is 4.98 Å². The monoisotopic (exact) mass is 495 g/mol. The molecule has 0 N–H and O–H groups in total. The molecule has 5 rings (SSSR count). The van der Waals surface area contributed by atoms with Crippen LogP contribution in [0.25, 0.3) is 16.9 Å². The zero-order valence-corrected chi connectivity index (χ0v) is 21.1. The highest BCUT2D eigenvalue weighted by atomic mass is 32.2. The fourth-order valence-electron chi connectivity index (χ4n) is 4.94. The Morgan fingerprint density at radius 2 is 1.74 bits per heavy atom. The lowest BCUT2D eigenvalue weighted by atomic mass is 9.92. The van der Waals surface area contributed by atoms with Crippen molar-refractivity contribution < 1.29 is 0 Å². The van der Waals surface area contributed by atoms with Crippen molar-refractivity contribution in [3.8, 4) is 5.69 Å². The fraction of sp³-hybridized carbons (Fsp3) is 0.478. The van der Waals surface area contributed by atoms with Crippen molar-refractivity contribution in [2.75, 3.05) is 23.7 Å². The summed E-state index contributed by atoms with van der Waals surface area (Å²) in [6.07, 6.45) is 1.16. The van der Waals surface area contributed by atoms with E-state index in [0.717, 1.165) is 35.7 Å². The van der Waals surface area contributed by atoms with Crippen molar-refractivity contribution in [3.63, 3.8) is 0 Å². The number of rotatable bonds is 6. The molecule has 0 radical (unpaired) electrons. The highest BCUT2D eigenvalue weighted by Gasteiger charge is 2.28. The van der Waals surface area contributed by atoms with Gasteiger partial charge >= 0.3 is 5.69 Å². The first-order valence-corrected chi connectivity index (χ1v) is 12.7. The number of piperidine rings is 1. The van der Waals surface area contributed by atoms with Gasteiger partial charge in [0.2, 0.25) is 11.1 Å². The number of hydrogen-bond acceptors (Lipinski definition) is 8. The topological polar surface area (TPSA) is 109 Å². The number of imidazole rings is 1. The van der Waals surface area contributed by atoms with E-state index < -0.39 is 0 Å². The number of tetrazole rings is 1. The Morgan fingerprint density at radius 1 is 1.03 bits per heavy atom. The van der Waals surface area contributed by atoms with E-state index in [9.17, 15) is 9.59 Å². The van der Waals surface area contributed by atoms with E-state index >= 15 is 0 Å². The second-order valence-corrected chi connectivity index (χ2v) is 10.4. The minimum absolute atomic E-state index is 0.334. The predicted octanol–water partition coefficient (Wildman–Crippen LogP) is 1.68.